The van der Waals surface area contributed by atoms with Crippen molar-refractivity contribution >= 4 is 17.4 Å². The summed E-state index contributed by atoms with van der Waals surface area (Å²) in [6.45, 7) is 2.11. The number of hydrogen-bond acceptors (Lipinski definition) is 5. The fourth-order valence-electron chi connectivity index (χ4n) is 3.49. The highest BCUT2D eigenvalue weighted by atomic mass is 16.5. The van der Waals surface area contributed by atoms with Crippen LogP contribution < -0.4 is 15.0 Å². The molecule has 3 aromatic rings. The average Bonchev–Trinajstić information content (AvgIpc) is 3.29. The first-order valence-electron chi connectivity index (χ1n) is 9.83. The number of hydrogen-bond donors (Lipinski definition) is 1. The molecule has 2 aromatic carbocycles. The van der Waals surface area contributed by atoms with Crippen molar-refractivity contribution in [1.82, 2.24) is 10.2 Å². The molecule has 0 aliphatic carbocycles. The summed E-state index contributed by atoms with van der Waals surface area (Å²) in [5.41, 5.74) is 3.45. The van der Waals surface area contributed by atoms with Crippen molar-refractivity contribution in [3.63, 3.8) is 0 Å². The Labute approximate surface area is 170 Å². The van der Waals surface area contributed by atoms with E-state index in [4.69, 9.17) is 4.74 Å². The normalized spacial score (nSPS) is 13.3. The van der Waals surface area contributed by atoms with Gasteiger partial charge in [-0.2, -0.15) is 0 Å². The lowest BCUT2D eigenvalue weighted by Gasteiger charge is -2.15. The molecule has 1 aliphatic rings. The zero-order valence-electron chi connectivity index (χ0n) is 16.5. The number of carbonyl (C=O) groups excluding carboxylic acids is 1. The van der Waals surface area contributed by atoms with Gasteiger partial charge in [0, 0.05) is 24.3 Å². The van der Waals surface area contributed by atoms with Gasteiger partial charge >= 0.3 is 0 Å². The van der Waals surface area contributed by atoms with E-state index in [1.807, 2.05) is 60.7 Å². The van der Waals surface area contributed by atoms with E-state index in [-0.39, 0.29) is 5.91 Å². The lowest BCUT2D eigenvalue weighted by molar-refractivity contribution is -0.115. The smallest absolute Gasteiger partial charge is 0.228 e. The zero-order chi connectivity index (χ0) is 20.1. The summed E-state index contributed by atoms with van der Waals surface area (Å²) in [6.07, 6.45) is 2.73. The predicted molar refractivity (Wildman–Crippen MR) is 114 cm³/mol. The molecule has 0 atom stereocenters. The van der Waals surface area contributed by atoms with Crippen molar-refractivity contribution in [2.75, 3.05) is 30.4 Å². The first kappa shape index (κ1) is 18.9. The number of nitrogens with zero attached hydrogens (tertiary/aromatic N) is 3. The van der Waals surface area contributed by atoms with E-state index in [1.54, 1.807) is 7.11 Å². The first-order chi connectivity index (χ1) is 14.2. The topological polar surface area (TPSA) is 67.3 Å². The third-order valence-corrected chi connectivity index (χ3v) is 5.04. The minimum atomic E-state index is -0.0687. The first-order valence-corrected chi connectivity index (χ1v) is 9.83. The number of rotatable bonds is 6. The SMILES string of the molecule is COc1cccc(CC(=O)Nc2ccc(-c3ccc(N4CCCC4)nn3)cc2)c1. The van der Waals surface area contributed by atoms with Gasteiger partial charge in [-0.25, -0.2) is 0 Å². The summed E-state index contributed by atoms with van der Waals surface area (Å²) in [5.74, 6) is 1.62. The maximum atomic E-state index is 12.3. The molecular formula is C23H24N4O2. The Morgan fingerprint density at radius 2 is 1.83 bits per heavy atom. The van der Waals surface area contributed by atoms with Crippen LogP contribution in [0.25, 0.3) is 11.3 Å². The average molecular weight is 388 g/mol. The second kappa shape index (κ2) is 8.73. The van der Waals surface area contributed by atoms with E-state index in [0.717, 1.165) is 47.2 Å². The second-order valence-corrected chi connectivity index (χ2v) is 7.12. The highest BCUT2D eigenvalue weighted by Gasteiger charge is 2.14. The van der Waals surface area contributed by atoms with Gasteiger partial charge < -0.3 is 15.0 Å². The molecular weight excluding hydrogens is 364 g/mol. The number of ether oxygens (including phenoxy) is 1. The molecule has 2 heterocycles. The molecule has 148 valence electrons. The summed E-state index contributed by atoms with van der Waals surface area (Å²) in [5, 5.41) is 11.7. The Bertz CT molecular complexity index is 965. The van der Waals surface area contributed by atoms with E-state index in [0.29, 0.717) is 6.42 Å². The number of anilines is 2. The molecule has 1 fully saturated rings. The van der Waals surface area contributed by atoms with Gasteiger partial charge in [0.2, 0.25) is 5.91 Å². The summed E-state index contributed by atoms with van der Waals surface area (Å²) >= 11 is 0. The maximum Gasteiger partial charge on any atom is 0.228 e. The molecule has 4 rings (SSSR count). The predicted octanol–water partition coefficient (Wildman–Crippen LogP) is 3.93. The van der Waals surface area contributed by atoms with Crippen LogP contribution in [0.3, 0.4) is 0 Å². The number of methoxy groups -OCH3 is 1. The molecule has 1 amide bonds. The minimum absolute atomic E-state index is 0.0687. The van der Waals surface area contributed by atoms with Crippen LogP contribution in [0, 0.1) is 0 Å². The van der Waals surface area contributed by atoms with Crippen molar-refractivity contribution in [1.29, 1.82) is 0 Å². The van der Waals surface area contributed by atoms with Crippen molar-refractivity contribution < 1.29 is 9.53 Å². The van der Waals surface area contributed by atoms with E-state index in [1.165, 1.54) is 12.8 Å². The third-order valence-electron chi connectivity index (χ3n) is 5.04. The van der Waals surface area contributed by atoms with Crippen LogP contribution in [0.15, 0.2) is 60.7 Å². The van der Waals surface area contributed by atoms with Crippen molar-refractivity contribution in [2.45, 2.75) is 19.3 Å². The standard InChI is InChI=1S/C23H24N4O2/c1-29-20-6-4-5-17(15-20)16-23(28)24-19-9-7-18(8-10-19)21-11-12-22(26-25-21)27-13-2-3-14-27/h4-12,15H,2-3,13-14,16H2,1H3,(H,24,28). The van der Waals surface area contributed by atoms with Crippen molar-refractivity contribution in [3.05, 3.63) is 66.2 Å². The lowest BCUT2D eigenvalue weighted by Crippen LogP contribution is -2.19. The van der Waals surface area contributed by atoms with E-state index < -0.39 is 0 Å². The summed E-state index contributed by atoms with van der Waals surface area (Å²) < 4.78 is 5.20. The van der Waals surface area contributed by atoms with Gasteiger partial charge in [-0.15, -0.1) is 10.2 Å². The third kappa shape index (κ3) is 4.71. The van der Waals surface area contributed by atoms with E-state index >= 15 is 0 Å². The molecule has 0 bridgehead atoms. The van der Waals surface area contributed by atoms with E-state index in [2.05, 4.69) is 20.4 Å². The quantitative estimate of drug-likeness (QED) is 0.693. The molecule has 0 unspecified atom stereocenters. The van der Waals surface area contributed by atoms with Crippen LogP contribution in [-0.4, -0.2) is 36.3 Å². The Hall–Kier alpha value is -3.41. The Morgan fingerprint density at radius 3 is 2.52 bits per heavy atom. The highest BCUT2D eigenvalue weighted by molar-refractivity contribution is 5.92. The number of benzene rings is 2. The molecule has 1 saturated heterocycles. The molecule has 1 aliphatic heterocycles. The molecule has 0 spiro atoms. The summed E-state index contributed by atoms with van der Waals surface area (Å²) in [7, 11) is 1.62. The van der Waals surface area contributed by atoms with Crippen LogP contribution in [0.5, 0.6) is 5.75 Å². The number of amides is 1. The number of aromatic nitrogens is 2. The van der Waals surface area contributed by atoms with Gasteiger partial charge in [-0.1, -0.05) is 24.3 Å². The molecule has 1 aromatic heterocycles. The van der Waals surface area contributed by atoms with Gasteiger partial charge in [0.1, 0.15) is 5.75 Å². The highest BCUT2D eigenvalue weighted by Crippen LogP contribution is 2.22. The number of carbonyl (C=O) groups is 1. The fraction of sp³-hybridized carbons (Fsp3) is 0.261. The van der Waals surface area contributed by atoms with Gasteiger partial charge in [-0.3, -0.25) is 4.79 Å². The molecule has 0 radical (unpaired) electrons. The van der Waals surface area contributed by atoms with E-state index in [9.17, 15) is 4.79 Å². The van der Waals surface area contributed by atoms with Crippen molar-refractivity contribution in [3.8, 4) is 17.0 Å². The second-order valence-electron chi connectivity index (χ2n) is 7.12. The molecule has 29 heavy (non-hydrogen) atoms. The molecule has 6 heteroatoms. The zero-order valence-corrected chi connectivity index (χ0v) is 16.5. The summed E-state index contributed by atoms with van der Waals surface area (Å²) in [4.78, 5) is 14.6. The van der Waals surface area contributed by atoms with Crippen LogP contribution in [-0.2, 0) is 11.2 Å². The molecule has 6 nitrogen and oxygen atoms in total. The monoisotopic (exact) mass is 388 g/mol. The van der Waals surface area contributed by atoms with Gasteiger partial charge in [0.05, 0.1) is 19.2 Å². The van der Waals surface area contributed by atoms with Crippen LogP contribution >= 0.6 is 0 Å². The Balaban J connectivity index is 1.37. The van der Waals surface area contributed by atoms with Gasteiger partial charge in [0.25, 0.3) is 0 Å². The Morgan fingerprint density at radius 1 is 1.03 bits per heavy atom. The molecule has 0 saturated carbocycles. The van der Waals surface area contributed by atoms with Crippen LogP contribution in [0.4, 0.5) is 11.5 Å². The molecule has 1 N–H and O–H groups in total. The van der Waals surface area contributed by atoms with Crippen LogP contribution in [0.1, 0.15) is 18.4 Å². The summed E-state index contributed by atoms with van der Waals surface area (Å²) in [6, 6.07) is 19.2. The largest absolute Gasteiger partial charge is 0.497 e. The van der Waals surface area contributed by atoms with Gasteiger partial charge in [0.15, 0.2) is 5.82 Å². The lowest BCUT2D eigenvalue weighted by atomic mass is 10.1. The van der Waals surface area contributed by atoms with Crippen molar-refractivity contribution in [2.24, 2.45) is 0 Å². The Kier molecular flexibility index (Phi) is 5.70. The van der Waals surface area contributed by atoms with Gasteiger partial charge in [-0.05, 0) is 54.8 Å². The number of nitrogens with one attached hydrogen (secondary N) is 1. The maximum absolute atomic E-state index is 12.3. The fourth-order valence-corrected chi connectivity index (χ4v) is 3.49. The minimum Gasteiger partial charge on any atom is -0.497 e. The van der Waals surface area contributed by atoms with Crippen LogP contribution in [0.2, 0.25) is 0 Å².